The number of hydrogen-bond acceptors (Lipinski definition) is 4. The Bertz CT molecular complexity index is 950. The number of benzene rings is 1. The molecule has 1 aromatic heterocycles. The maximum absolute atomic E-state index is 12.6. The Morgan fingerprint density at radius 1 is 1.15 bits per heavy atom. The van der Waals surface area contributed by atoms with Gasteiger partial charge in [0.1, 0.15) is 5.82 Å². The lowest BCUT2D eigenvalue weighted by atomic mass is 10.1. The molecule has 1 aromatic carbocycles. The third-order valence-electron chi connectivity index (χ3n) is 4.74. The van der Waals surface area contributed by atoms with Gasteiger partial charge in [0.15, 0.2) is 0 Å². The van der Waals surface area contributed by atoms with Gasteiger partial charge in [0.05, 0.1) is 4.90 Å². The van der Waals surface area contributed by atoms with Crippen molar-refractivity contribution >= 4 is 10.0 Å². The summed E-state index contributed by atoms with van der Waals surface area (Å²) in [5.41, 5.74) is 2.44. The Morgan fingerprint density at radius 2 is 1.85 bits per heavy atom. The molecule has 0 atom stereocenters. The lowest BCUT2D eigenvalue weighted by Gasteiger charge is -2.13. The van der Waals surface area contributed by atoms with Crippen molar-refractivity contribution in [3.8, 4) is 0 Å². The predicted molar refractivity (Wildman–Crippen MR) is 99.9 cm³/mol. The molecule has 0 amide bonds. The molecule has 0 saturated carbocycles. The number of sulfonamides is 1. The summed E-state index contributed by atoms with van der Waals surface area (Å²) in [7, 11) is -3.57. The van der Waals surface area contributed by atoms with Gasteiger partial charge in [0.2, 0.25) is 10.0 Å². The summed E-state index contributed by atoms with van der Waals surface area (Å²) in [5.74, 6) is 0.840. The van der Waals surface area contributed by atoms with Gasteiger partial charge in [0.25, 0.3) is 0 Å². The second-order valence-corrected chi connectivity index (χ2v) is 8.71. The van der Waals surface area contributed by atoms with Gasteiger partial charge < -0.3 is 0 Å². The quantitative estimate of drug-likeness (QED) is 0.775. The van der Waals surface area contributed by atoms with Crippen molar-refractivity contribution in [2.75, 3.05) is 6.54 Å². The van der Waals surface area contributed by atoms with Crippen molar-refractivity contribution in [1.29, 1.82) is 0 Å². The van der Waals surface area contributed by atoms with E-state index in [1.54, 1.807) is 4.57 Å². The van der Waals surface area contributed by atoms with E-state index < -0.39 is 10.0 Å². The van der Waals surface area contributed by atoms with Gasteiger partial charge in [-0.2, -0.15) is 5.10 Å². The van der Waals surface area contributed by atoms with E-state index in [-0.39, 0.29) is 12.2 Å². The molecule has 1 N–H and O–H groups in total. The molecule has 142 valence electrons. The lowest BCUT2D eigenvalue weighted by Crippen LogP contribution is -2.30. The van der Waals surface area contributed by atoms with Crippen LogP contribution in [0.3, 0.4) is 0 Å². The van der Waals surface area contributed by atoms with Crippen LogP contribution in [0.2, 0.25) is 0 Å². The maximum atomic E-state index is 12.6. The summed E-state index contributed by atoms with van der Waals surface area (Å²) in [5, 5.41) is 4.37. The summed E-state index contributed by atoms with van der Waals surface area (Å²) in [6, 6.07) is 3.74. The molecule has 7 nitrogen and oxygen atoms in total. The smallest absolute Gasteiger partial charge is 0.279 e. The second-order valence-electron chi connectivity index (χ2n) is 7.01. The highest BCUT2D eigenvalue weighted by atomic mass is 32.2. The van der Waals surface area contributed by atoms with Crippen LogP contribution >= 0.6 is 0 Å². The second kappa shape index (κ2) is 7.36. The standard InChI is InChI=1S/C18H26N4O3S/c1-13-11-14(2)17(15(3)12-13)26(24,25)19-8-6-10-22-18(23)21-9-5-4-7-16(21)20-22/h11-12,19H,4-10H2,1-3H3. The fourth-order valence-corrected chi connectivity index (χ4v) is 5.22. The fraction of sp³-hybridized carbons (Fsp3) is 0.556. The number of rotatable bonds is 6. The first-order chi connectivity index (χ1) is 12.3. The van der Waals surface area contributed by atoms with Crippen molar-refractivity contribution in [2.24, 2.45) is 0 Å². The number of hydrogen-bond donors (Lipinski definition) is 1. The monoisotopic (exact) mass is 378 g/mol. The Kier molecular flexibility index (Phi) is 5.34. The average molecular weight is 378 g/mol. The highest BCUT2D eigenvalue weighted by Crippen LogP contribution is 2.21. The van der Waals surface area contributed by atoms with Crippen LogP contribution in [0.25, 0.3) is 0 Å². The average Bonchev–Trinajstić information content (AvgIpc) is 2.87. The van der Waals surface area contributed by atoms with Gasteiger partial charge in [-0.3, -0.25) is 4.57 Å². The fourth-order valence-electron chi connectivity index (χ4n) is 3.69. The van der Waals surface area contributed by atoms with Crippen molar-refractivity contribution in [2.45, 2.75) is 64.4 Å². The van der Waals surface area contributed by atoms with E-state index in [4.69, 9.17) is 0 Å². The Morgan fingerprint density at radius 3 is 2.50 bits per heavy atom. The van der Waals surface area contributed by atoms with Gasteiger partial charge in [-0.1, -0.05) is 17.7 Å². The molecule has 1 aliphatic rings. The van der Waals surface area contributed by atoms with E-state index in [9.17, 15) is 13.2 Å². The molecular weight excluding hydrogens is 352 g/mol. The first-order valence-corrected chi connectivity index (χ1v) is 10.5. The molecule has 0 spiro atoms. The summed E-state index contributed by atoms with van der Waals surface area (Å²) >= 11 is 0. The Labute approximate surface area is 154 Å². The van der Waals surface area contributed by atoms with Crippen LogP contribution in [0.15, 0.2) is 21.8 Å². The van der Waals surface area contributed by atoms with Crippen LogP contribution in [-0.2, 0) is 29.5 Å². The highest BCUT2D eigenvalue weighted by Gasteiger charge is 2.20. The maximum Gasteiger partial charge on any atom is 0.345 e. The van der Waals surface area contributed by atoms with Crippen molar-refractivity contribution < 1.29 is 8.42 Å². The van der Waals surface area contributed by atoms with Crippen LogP contribution in [0.1, 0.15) is 41.8 Å². The summed E-state index contributed by atoms with van der Waals surface area (Å²) < 4.78 is 31.1. The van der Waals surface area contributed by atoms with E-state index in [1.165, 1.54) is 4.68 Å². The zero-order valence-electron chi connectivity index (χ0n) is 15.6. The SMILES string of the molecule is Cc1cc(C)c(S(=O)(=O)NCCCn2nc3n(c2=O)CCCC3)c(C)c1. The molecule has 1 aliphatic heterocycles. The minimum absolute atomic E-state index is 0.0900. The van der Waals surface area contributed by atoms with Crippen LogP contribution < -0.4 is 10.4 Å². The molecule has 2 aromatic rings. The largest absolute Gasteiger partial charge is 0.345 e. The number of aryl methyl sites for hydroxylation is 5. The molecule has 26 heavy (non-hydrogen) atoms. The predicted octanol–water partition coefficient (Wildman–Crippen LogP) is 1.67. The first kappa shape index (κ1) is 18.8. The third kappa shape index (κ3) is 3.76. The van der Waals surface area contributed by atoms with Gasteiger partial charge in [0, 0.05) is 26.1 Å². The van der Waals surface area contributed by atoms with Crippen LogP contribution in [0.5, 0.6) is 0 Å². The van der Waals surface area contributed by atoms with Gasteiger partial charge >= 0.3 is 5.69 Å². The molecule has 0 unspecified atom stereocenters. The van der Waals surface area contributed by atoms with Crippen molar-refractivity contribution in [3.05, 3.63) is 45.1 Å². The molecule has 3 rings (SSSR count). The molecule has 0 saturated heterocycles. The van der Waals surface area contributed by atoms with E-state index in [0.717, 1.165) is 48.3 Å². The van der Waals surface area contributed by atoms with E-state index >= 15 is 0 Å². The summed E-state index contributed by atoms with van der Waals surface area (Å²) in [4.78, 5) is 12.6. The van der Waals surface area contributed by atoms with E-state index in [0.29, 0.717) is 17.9 Å². The van der Waals surface area contributed by atoms with Gasteiger partial charge in [-0.15, -0.1) is 0 Å². The number of nitrogens with zero attached hydrogens (tertiary/aromatic N) is 3. The van der Waals surface area contributed by atoms with Gasteiger partial charge in [-0.25, -0.2) is 22.6 Å². The Hall–Kier alpha value is -1.93. The van der Waals surface area contributed by atoms with E-state index in [2.05, 4.69) is 9.82 Å². The molecule has 0 aliphatic carbocycles. The summed E-state index contributed by atoms with van der Waals surface area (Å²) in [6.07, 6.45) is 3.42. The zero-order valence-corrected chi connectivity index (χ0v) is 16.4. The zero-order chi connectivity index (χ0) is 18.9. The molecule has 8 heteroatoms. The third-order valence-corrected chi connectivity index (χ3v) is 6.51. The lowest BCUT2D eigenvalue weighted by molar-refractivity contribution is 0.508. The van der Waals surface area contributed by atoms with E-state index in [1.807, 2.05) is 32.9 Å². The normalized spacial score (nSPS) is 14.4. The Balaban J connectivity index is 1.63. The molecular formula is C18H26N4O3S. The topological polar surface area (TPSA) is 86.0 Å². The summed E-state index contributed by atoms with van der Waals surface area (Å²) in [6.45, 7) is 6.98. The first-order valence-electron chi connectivity index (χ1n) is 9.03. The minimum atomic E-state index is -3.57. The van der Waals surface area contributed by atoms with Crippen LogP contribution in [0.4, 0.5) is 0 Å². The number of fused-ring (bicyclic) bond motifs is 1. The van der Waals surface area contributed by atoms with Gasteiger partial charge in [-0.05, 0) is 51.2 Å². The molecule has 0 fully saturated rings. The molecule has 0 radical (unpaired) electrons. The molecule has 0 bridgehead atoms. The molecule has 2 heterocycles. The van der Waals surface area contributed by atoms with Crippen molar-refractivity contribution in [1.82, 2.24) is 19.1 Å². The van der Waals surface area contributed by atoms with Crippen LogP contribution in [-0.4, -0.2) is 29.3 Å². The number of nitrogens with one attached hydrogen (secondary N) is 1. The van der Waals surface area contributed by atoms with Crippen LogP contribution in [0, 0.1) is 20.8 Å². The highest BCUT2D eigenvalue weighted by molar-refractivity contribution is 7.89. The minimum Gasteiger partial charge on any atom is -0.279 e. The van der Waals surface area contributed by atoms with Crippen molar-refractivity contribution in [3.63, 3.8) is 0 Å². The number of aromatic nitrogens is 3.